The second-order valence-corrected chi connectivity index (χ2v) is 8.51. The molecule has 1 aromatic carbocycles. The zero-order chi connectivity index (χ0) is 24.4. The Bertz CT molecular complexity index is 1040. The highest BCUT2D eigenvalue weighted by Crippen LogP contribution is 2.41. The van der Waals surface area contributed by atoms with E-state index in [4.69, 9.17) is 23.5 Å². The lowest BCUT2D eigenvalue weighted by Gasteiger charge is -2.32. The van der Waals surface area contributed by atoms with Crippen molar-refractivity contribution in [3.8, 4) is 11.5 Å². The first-order valence-electron chi connectivity index (χ1n) is 10.6. The number of ether oxygens (including phenoxy) is 3. The molecule has 0 atom stereocenters. The van der Waals surface area contributed by atoms with Crippen LogP contribution in [0.4, 0.5) is 4.39 Å². The Hall–Kier alpha value is -2.92. The van der Waals surface area contributed by atoms with Crippen molar-refractivity contribution in [3.05, 3.63) is 41.4 Å². The maximum absolute atomic E-state index is 15.9. The Morgan fingerprint density at radius 3 is 2.33 bits per heavy atom. The van der Waals surface area contributed by atoms with E-state index < -0.39 is 30.0 Å². The molecular weight excluding hydrogens is 432 g/mol. The van der Waals surface area contributed by atoms with Crippen molar-refractivity contribution in [3.63, 3.8) is 0 Å². The fourth-order valence-electron chi connectivity index (χ4n) is 3.25. The summed E-state index contributed by atoms with van der Waals surface area (Å²) in [6, 6.07) is 5.03. The highest BCUT2D eigenvalue weighted by atomic mass is 19.1. The maximum Gasteiger partial charge on any atom is 0.525 e. The largest absolute Gasteiger partial charge is 0.525 e. The molecule has 11 heteroatoms. The predicted molar refractivity (Wildman–Crippen MR) is 120 cm³/mol. The summed E-state index contributed by atoms with van der Waals surface area (Å²) in [4.78, 5) is 12.0. The fourth-order valence-corrected chi connectivity index (χ4v) is 3.25. The summed E-state index contributed by atoms with van der Waals surface area (Å²) in [5.74, 6) is 0.328. The van der Waals surface area contributed by atoms with Crippen LogP contribution < -0.4 is 9.47 Å². The van der Waals surface area contributed by atoms with E-state index in [2.05, 4.69) is 10.3 Å². The Morgan fingerprint density at radius 1 is 1.12 bits per heavy atom. The van der Waals surface area contributed by atoms with Crippen LogP contribution in [0.5, 0.6) is 11.5 Å². The quantitative estimate of drug-likeness (QED) is 0.436. The van der Waals surface area contributed by atoms with Crippen LogP contribution in [0.2, 0.25) is 0 Å². The number of nitrogens with zero attached hydrogens (tertiary/aromatic N) is 3. The standard InChI is InChI=1S/C22H29BFN3O6/c1-8-31-20(28)16-13-27(26-25-16)12-15(14-9-10-17(29-6)18(11-14)30-7)19(24)23-32-21(2,3)22(4,5)33-23/h9-11,13H,8,12H2,1-7H3. The summed E-state index contributed by atoms with van der Waals surface area (Å²) in [7, 11) is 1.80. The molecule has 9 nitrogen and oxygen atoms in total. The van der Waals surface area contributed by atoms with Crippen LogP contribution >= 0.6 is 0 Å². The van der Waals surface area contributed by atoms with Crippen LogP contribution in [0, 0.1) is 0 Å². The van der Waals surface area contributed by atoms with Gasteiger partial charge in [-0.1, -0.05) is 11.3 Å². The lowest BCUT2D eigenvalue weighted by Crippen LogP contribution is -2.41. The van der Waals surface area contributed by atoms with Gasteiger partial charge in [0.25, 0.3) is 0 Å². The van der Waals surface area contributed by atoms with E-state index in [1.54, 1.807) is 25.1 Å². The van der Waals surface area contributed by atoms with Gasteiger partial charge in [-0.2, -0.15) is 0 Å². The van der Waals surface area contributed by atoms with Gasteiger partial charge in [-0.15, -0.1) is 5.10 Å². The Balaban J connectivity index is 2.04. The molecule has 0 bridgehead atoms. The van der Waals surface area contributed by atoms with E-state index in [-0.39, 0.29) is 24.4 Å². The summed E-state index contributed by atoms with van der Waals surface area (Å²) in [6.45, 7) is 9.24. The predicted octanol–water partition coefficient (Wildman–Crippen LogP) is 3.48. The summed E-state index contributed by atoms with van der Waals surface area (Å²) in [5.41, 5.74) is -1.29. The number of esters is 1. The van der Waals surface area contributed by atoms with Crippen LogP contribution in [0.3, 0.4) is 0 Å². The topological polar surface area (TPSA) is 93.9 Å². The van der Waals surface area contributed by atoms with Gasteiger partial charge in [0.15, 0.2) is 17.2 Å². The minimum Gasteiger partial charge on any atom is -0.493 e. The average molecular weight is 461 g/mol. The van der Waals surface area contributed by atoms with E-state index in [9.17, 15) is 4.79 Å². The minimum atomic E-state index is -1.22. The third-order valence-corrected chi connectivity index (χ3v) is 5.82. The zero-order valence-electron chi connectivity index (χ0n) is 20.0. The van der Waals surface area contributed by atoms with Crippen molar-refractivity contribution in [2.45, 2.75) is 52.4 Å². The number of allylic oxidation sites excluding steroid dienone is 1. The molecule has 1 aliphatic heterocycles. The van der Waals surface area contributed by atoms with Gasteiger partial charge in [0.2, 0.25) is 0 Å². The number of halogens is 1. The van der Waals surface area contributed by atoms with Gasteiger partial charge >= 0.3 is 13.1 Å². The van der Waals surface area contributed by atoms with Crippen LogP contribution in [-0.4, -0.2) is 60.1 Å². The molecule has 2 heterocycles. The number of benzene rings is 1. The Kier molecular flexibility index (Phi) is 7.13. The molecule has 0 saturated carbocycles. The number of carbonyl (C=O) groups excluding carboxylic acids is 1. The fraction of sp³-hybridized carbons (Fsp3) is 0.500. The monoisotopic (exact) mass is 461 g/mol. The van der Waals surface area contributed by atoms with E-state index in [0.717, 1.165) is 0 Å². The van der Waals surface area contributed by atoms with Gasteiger partial charge < -0.3 is 23.5 Å². The second-order valence-electron chi connectivity index (χ2n) is 8.51. The number of hydrogen-bond acceptors (Lipinski definition) is 8. The third-order valence-electron chi connectivity index (χ3n) is 5.82. The minimum absolute atomic E-state index is 0.0274. The van der Waals surface area contributed by atoms with Crippen molar-refractivity contribution in [2.75, 3.05) is 20.8 Å². The summed E-state index contributed by atoms with van der Waals surface area (Å²) >= 11 is 0. The highest BCUT2D eigenvalue weighted by molar-refractivity contribution is 6.55. The van der Waals surface area contributed by atoms with E-state index in [1.165, 1.54) is 25.1 Å². The first-order valence-corrected chi connectivity index (χ1v) is 10.6. The Morgan fingerprint density at radius 2 is 1.76 bits per heavy atom. The molecule has 2 aromatic rings. The molecule has 1 fully saturated rings. The molecule has 33 heavy (non-hydrogen) atoms. The lowest BCUT2D eigenvalue weighted by atomic mass is 9.82. The van der Waals surface area contributed by atoms with Gasteiger partial charge in [-0.05, 0) is 52.3 Å². The van der Waals surface area contributed by atoms with Gasteiger partial charge in [-0.25, -0.2) is 13.9 Å². The van der Waals surface area contributed by atoms with Crippen molar-refractivity contribution in [1.82, 2.24) is 15.0 Å². The molecule has 1 saturated heterocycles. The van der Waals surface area contributed by atoms with E-state index in [0.29, 0.717) is 17.1 Å². The first-order chi connectivity index (χ1) is 15.5. The average Bonchev–Trinajstić information content (AvgIpc) is 3.32. The van der Waals surface area contributed by atoms with Gasteiger partial charge in [0.05, 0.1) is 44.8 Å². The molecule has 0 amide bonds. The van der Waals surface area contributed by atoms with E-state index in [1.807, 2.05) is 27.7 Å². The van der Waals surface area contributed by atoms with Crippen molar-refractivity contribution in [1.29, 1.82) is 0 Å². The molecule has 178 valence electrons. The smallest absolute Gasteiger partial charge is 0.493 e. The molecule has 0 radical (unpaired) electrons. The van der Waals surface area contributed by atoms with Crippen LogP contribution in [0.1, 0.15) is 50.7 Å². The number of carbonyl (C=O) groups is 1. The lowest BCUT2D eigenvalue weighted by molar-refractivity contribution is 0.00578. The van der Waals surface area contributed by atoms with Crippen molar-refractivity contribution >= 4 is 18.7 Å². The molecule has 0 spiro atoms. The van der Waals surface area contributed by atoms with Gasteiger partial charge in [0, 0.05) is 5.57 Å². The normalized spacial score (nSPS) is 17.5. The summed E-state index contributed by atoms with van der Waals surface area (Å²) < 4.78 is 44.7. The molecule has 3 rings (SSSR count). The third kappa shape index (κ3) is 5.04. The number of rotatable bonds is 8. The van der Waals surface area contributed by atoms with Crippen LogP contribution in [0.25, 0.3) is 5.57 Å². The summed E-state index contributed by atoms with van der Waals surface area (Å²) in [6.07, 6.45) is 1.40. The molecular formula is C22H29BFN3O6. The van der Waals surface area contributed by atoms with E-state index >= 15 is 4.39 Å². The maximum atomic E-state index is 15.9. The molecule has 0 aliphatic carbocycles. The first kappa shape index (κ1) is 24.7. The molecule has 0 N–H and O–H groups in total. The zero-order valence-corrected chi connectivity index (χ0v) is 20.0. The van der Waals surface area contributed by atoms with Crippen LogP contribution in [0.15, 0.2) is 30.1 Å². The molecule has 0 unspecified atom stereocenters. The molecule has 1 aromatic heterocycles. The van der Waals surface area contributed by atoms with Crippen molar-refractivity contribution in [2.24, 2.45) is 0 Å². The number of methoxy groups -OCH3 is 2. The number of hydrogen-bond donors (Lipinski definition) is 0. The van der Waals surface area contributed by atoms with Gasteiger partial charge in [0.1, 0.15) is 5.73 Å². The van der Waals surface area contributed by atoms with Gasteiger partial charge in [-0.3, -0.25) is 0 Å². The Labute approximate surface area is 192 Å². The SMILES string of the molecule is CCOC(=O)c1cn(CC(=C(F)B2OC(C)(C)C(C)(C)O2)c2ccc(OC)c(OC)c2)nn1. The molecule has 1 aliphatic rings. The second kappa shape index (κ2) is 9.52. The highest BCUT2D eigenvalue weighted by Gasteiger charge is 2.53. The van der Waals surface area contributed by atoms with Crippen LogP contribution in [-0.2, 0) is 20.6 Å². The summed E-state index contributed by atoms with van der Waals surface area (Å²) in [5, 5.41) is 7.79. The number of aromatic nitrogens is 3. The van der Waals surface area contributed by atoms with Crippen molar-refractivity contribution < 1.29 is 32.7 Å².